The summed E-state index contributed by atoms with van der Waals surface area (Å²) in [5.41, 5.74) is -1.19. The number of fused-ring (bicyclic) bond motifs is 5. The third-order valence-electron chi connectivity index (χ3n) is 9.52. The Bertz CT molecular complexity index is 835. The zero-order valence-electron chi connectivity index (χ0n) is 19.8. The van der Waals surface area contributed by atoms with Crippen LogP contribution in [0.5, 0.6) is 0 Å². The Balaban J connectivity index is 1.54. The lowest BCUT2D eigenvalue weighted by molar-refractivity contribution is -0.172. The van der Waals surface area contributed by atoms with Gasteiger partial charge in [-0.05, 0) is 95.0 Å². The summed E-state index contributed by atoms with van der Waals surface area (Å²) in [5.74, 6) is 0.758. The van der Waals surface area contributed by atoms with Crippen molar-refractivity contribution in [3.8, 4) is 0 Å². The zero-order chi connectivity index (χ0) is 22.8. The van der Waals surface area contributed by atoms with E-state index in [-0.39, 0.29) is 29.5 Å². The van der Waals surface area contributed by atoms with E-state index in [9.17, 15) is 19.5 Å². The van der Waals surface area contributed by atoms with Crippen molar-refractivity contribution in [1.82, 2.24) is 0 Å². The van der Waals surface area contributed by atoms with Crippen molar-refractivity contribution >= 4 is 17.5 Å². The minimum atomic E-state index is -1.43. The van der Waals surface area contributed by atoms with Gasteiger partial charge in [-0.3, -0.25) is 14.4 Å². The molecule has 0 bridgehead atoms. The van der Waals surface area contributed by atoms with Crippen LogP contribution in [0.15, 0.2) is 11.6 Å². The van der Waals surface area contributed by atoms with E-state index in [2.05, 4.69) is 13.8 Å². The van der Waals surface area contributed by atoms with Crippen LogP contribution >= 0.6 is 0 Å². The lowest BCUT2D eigenvalue weighted by Gasteiger charge is -2.58. The van der Waals surface area contributed by atoms with Gasteiger partial charge in [-0.15, -0.1) is 0 Å². The molecular formula is C26H38O5. The Labute approximate surface area is 186 Å². The molecule has 0 aromatic rings. The number of allylic oxidation sites excluding steroid dienone is 1. The van der Waals surface area contributed by atoms with Gasteiger partial charge in [0.1, 0.15) is 5.60 Å². The topological polar surface area (TPSA) is 80.7 Å². The van der Waals surface area contributed by atoms with Gasteiger partial charge in [0.15, 0.2) is 12.4 Å². The molecule has 0 aliphatic heterocycles. The van der Waals surface area contributed by atoms with Gasteiger partial charge in [0, 0.05) is 11.8 Å². The second-order valence-corrected chi connectivity index (χ2v) is 12.1. The van der Waals surface area contributed by atoms with E-state index in [1.54, 1.807) is 20.8 Å². The first-order valence-corrected chi connectivity index (χ1v) is 12.0. The maximum atomic E-state index is 13.2. The van der Waals surface area contributed by atoms with E-state index in [0.717, 1.165) is 38.5 Å². The largest absolute Gasteiger partial charge is 0.457 e. The third kappa shape index (κ3) is 3.34. The predicted molar refractivity (Wildman–Crippen MR) is 117 cm³/mol. The van der Waals surface area contributed by atoms with Gasteiger partial charge in [-0.1, -0.05) is 19.4 Å². The predicted octanol–water partition coefficient (Wildman–Crippen LogP) is 4.41. The highest BCUT2D eigenvalue weighted by atomic mass is 16.5. The highest BCUT2D eigenvalue weighted by Crippen LogP contribution is 2.67. The highest BCUT2D eigenvalue weighted by Gasteiger charge is 2.66. The van der Waals surface area contributed by atoms with E-state index in [1.807, 2.05) is 6.08 Å². The van der Waals surface area contributed by atoms with Gasteiger partial charge < -0.3 is 9.84 Å². The Kier molecular flexibility index (Phi) is 5.32. The van der Waals surface area contributed by atoms with Gasteiger partial charge >= 0.3 is 5.97 Å². The SMILES string of the molecule is CC(C)(C)C(=O)OCC(=O)[C@@]1(O)CC[C@@H]2[C@H]3CCC4=CC(=O)CC[C@]4(C)[C@@H]3CC[C@@]21C. The van der Waals surface area contributed by atoms with Crippen LogP contribution in [0.1, 0.15) is 86.0 Å². The van der Waals surface area contributed by atoms with E-state index < -0.39 is 22.4 Å². The average molecular weight is 431 g/mol. The summed E-state index contributed by atoms with van der Waals surface area (Å²) < 4.78 is 5.29. The number of carbonyl (C=O) groups is 3. The first-order chi connectivity index (χ1) is 14.3. The molecule has 0 unspecified atom stereocenters. The maximum Gasteiger partial charge on any atom is 0.311 e. The summed E-state index contributed by atoms with van der Waals surface area (Å²) in [4.78, 5) is 37.3. The first kappa shape index (κ1) is 22.7. The zero-order valence-corrected chi connectivity index (χ0v) is 19.8. The summed E-state index contributed by atoms with van der Waals surface area (Å²) in [6.07, 6.45) is 8.49. The van der Waals surface area contributed by atoms with Gasteiger partial charge in [0.2, 0.25) is 5.78 Å². The van der Waals surface area contributed by atoms with E-state index in [1.165, 1.54) is 5.57 Å². The fourth-order valence-electron chi connectivity index (χ4n) is 7.50. The number of Topliss-reactive ketones (excluding diaryl/α,β-unsaturated/α-hetero) is 1. The van der Waals surface area contributed by atoms with Crippen LogP contribution in [0.25, 0.3) is 0 Å². The number of hydrogen-bond acceptors (Lipinski definition) is 5. The molecule has 3 fully saturated rings. The Morgan fingerprint density at radius 3 is 2.42 bits per heavy atom. The van der Waals surface area contributed by atoms with Crippen LogP contribution in [0.4, 0.5) is 0 Å². The summed E-state index contributed by atoms with van der Waals surface area (Å²) in [5, 5.41) is 11.7. The molecule has 4 aliphatic carbocycles. The Morgan fingerprint density at radius 2 is 1.74 bits per heavy atom. The van der Waals surface area contributed by atoms with Crippen molar-refractivity contribution in [1.29, 1.82) is 0 Å². The Hall–Kier alpha value is -1.49. The molecule has 5 nitrogen and oxygen atoms in total. The standard InChI is InChI=1S/C26H38O5/c1-23(2,3)22(29)31-15-21(28)26(30)13-10-20-18-7-6-16-14-17(27)8-11-24(16,4)19(18)9-12-25(20,26)5/h14,18-20,30H,6-13,15H2,1-5H3/t18-,19+,20+,24-,25-,26-/m0/s1. The summed E-state index contributed by atoms with van der Waals surface area (Å²) in [6.45, 7) is 9.34. The number of esters is 1. The van der Waals surface area contributed by atoms with Gasteiger partial charge in [-0.2, -0.15) is 0 Å². The van der Waals surface area contributed by atoms with Crippen molar-refractivity contribution in [2.24, 2.45) is 34.0 Å². The monoisotopic (exact) mass is 430 g/mol. The van der Waals surface area contributed by atoms with Gasteiger partial charge in [0.05, 0.1) is 5.41 Å². The summed E-state index contributed by atoms with van der Waals surface area (Å²) >= 11 is 0. The van der Waals surface area contributed by atoms with Crippen LogP contribution in [-0.4, -0.2) is 34.9 Å². The normalized spacial score (nSPS) is 42.2. The molecule has 4 rings (SSSR count). The molecule has 0 amide bonds. The molecule has 172 valence electrons. The second kappa shape index (κ2) is 7.26. The highest BCUT2D eigenvalue weighted by molar-refractivity contribution is 5.92. The molecule has 0 aromatic carbocycles. The number of aliphatic hydroxyl groups is 1. The molecule has 0 saturated heterocycles. The molecule has 0 aromatic heterocycles. The van der Waals surface area contributed by atoms with Crippen molar-refractivity contribution < 1.29 is 24.2 Å². The Morgan fingerprint density at radius 1 is 1.06 bits per heavy atom. The molecule has 5 heteroatoms. The molecule has 31 heavy (non-hydrogen) atoms. The van der Waals surface area contributed by atoms with Crippen LogP contribution in [0, 0.1) is 34.0 Å². The number of rotatable bonds is 3. The summed E-state index contributed by atoms with van der Waals surface area (Å²) in [6, 6.07) is 0. The van der Waals surface area contributed by atoms with Crippen LogP contribution in [0.3, 0.4) is 0 Å². The van der Waals surface area contributed by atoms with E-state index in [0.29, 0.717) is 24.7 Å². The maximum absolute atomic E-state index is 13.2. The van der Waals surface area contributed by atoms with Crippen molar-refractivity contribution in [2.75, 3.05) is 6.61 Å². The van der Waals surface area contributed by atoms with Crippen molar-refractivity contribution in [3.05, 3.63) is 11.6 Å². The molecule has 4 aliphatic rings. The molecular weight excluding hydrogens is 392 g/mol. The van der Waals surface area contributed by atoms with Gasteiger partial charge in [-0.25, -0.2) is 0 Å². The third-order valence-corrected chi connectivity index (χ3v) is 9.52. The van der Waals surface area contributed by atoms with Crippen LogP contribution in [0.2, 0.25) is 0 Å². The first-order valence-electron chi connectivity index (χ1n) is 12.0. The number of carbonyl (C=O) groups excluding carboxylic acids is 3. The fraction of sp³-hybridized carbons (Fsp3) is 0.808. The molecule has 6 atom stereocenters. The molecule has 0 spiro atoms. The fourth-order valence-corrected chi connectivity index (χ4v) is 7.50. The van der Waals surface area contributed by atoms with Crippen molar-refractivity contribution in [2.45, 2.75) is 91.6 Å². The smallest absolute Gasteiger partial charge is 0.311 e. The molecule has 0 heterocycles. The molecule has 3 saturated carbocycles. The van der Waals surface area contributed by atoms with E-state index in [4.69, 9.17) is 4.74 Å². The quantitative estimate of drug-likeness (QED) is 0.671. The van der Waals surface area contributed by atoms with Crippen LogP contribution < -0.4 is 0 Å². The average Bonchev–Trinajstić information content (AvgIpc) is 2.98. The summed E-state index contributed by atoms with van der Waals surface area (Å²) in [7, 11) is 0. The lowest BCUT2D eigenvalue weighted by Crippen LogP contribution is -2.58. The second-order valence-electron chi connectivity index (χ2n) is 12.1. The number of hydrogen-bond donors (Lipinski definition) is 1. The number of ether oxygens (including phenoxy) is 1. The minimum absolute atomic E-state index is 0.0745. The van der Waals surface area contributed by atoms with Gasteiger partial charge in [0.25, 0.3) is 0 Å². The van der Waals surface area contributed by atoms with E-state index >= 15 is 0 Å². The van der Waals surface area contributed by atoms with Crippen LogP contribution in [-0.2, 0) is 19.1 Å². The molecule has 0 radical (unpaired) electrons. The molecule has 1 N–H and O–H groups in total. The van der Waals surface area contributed by atoms with Crippen molar-refractivity contribution in [3.63, 3.8) is 0 Å². The minimum Gasteiger partial charge on any atom is -0.457 e. The number of ketones is 2. The lowest BCUT2D eigenvalue weighted by atomic mass is 9.46.